The molecular weight excluding hydrogens is 548 g/mol. The summed E-state index contributed by atoms with van der Waals surface area (Å²) in [5.41, 5.74) is 3.95. The van der Waals surface area contributed by atoms with Crippen molar-refractivity contribution in [3.63, 3.8) is 0 Å². The average Bonchev–Trinajstić information content (AvgIpc) is 3.31. The van der Waals surface area contributed by atoms with Crippen LogP contribution in [0.25, 0.3) is 0 Å². The van der Waals surface area contributed by atoms with Crippen LogP contribution in [0, 0.1) is 0 Å². The molecule has 0 atom stereocenters. The highest BCUT2D eigenvalue weighted by Gasteiger charge is 2.27. The van der Waals surface area contributed by atoms with Gasteiger partial charge in [-0.15, -0.1) is 11.3 Å². The molecule has 0 bridgehead atoms. The van der Waals surface area contributed by atoms with Crippen molar-refractivity contribution < 1.29 is 14.3 Å². The van der Waals surface area contributed by atoms with Gasteiger partial charge in [0.25, 0.3) is 5.91 Å². The summed E-state index contributed by atoms with van der Waals surface area (Å²) in [6, 6.07) is 14.2. The lowest BCUT2D eigenvalue weighted by atomic mass is 9.93. The number of benzene rings is 2. The van der Waals surface area contributed by atoms with E-state index in [2.05, 4.69) is 21.2 Å². The second kappa shape index (κ2) is 12.3. The van der Waals surface area contributed by atoms with E-state index in [0.29, 0.717) is 18.1 Å². The molecular formula is C30H33BrN2O3S. The van der Waals surface area contributed by atoms with Crippen molar-refractivity contribution in [3.8, 4) is 11.5 Å². The van der Waals surface area contributed by atoms with Gasteiger partial charge in [-0.1, -0.05) is 49.6 Å². The van der Waals surface area contributed by atoms with Crippen LogP contribution in [-0.2, 0) is 19.4 Å². The van der Waals surface area contributed by atoms with Gasteiger partial charge in [0, 0.05) is 27.2 Å². The van der Waals surface area contributed by atoms with E-state index in [0.717, 1.165) is 58.3 Å². The molecule has 3 aromatic rings. The number of nitrogens with zero attached hydrogens (tertiary/aromatic N) is 1. The number of carbonyl (C=O) groups is 1. The number of hydrogen-bond acceptors (Lipinski definition) is 5. The molecule has 7 heteroatoms. The topological polar surface area (TPSA) is 59.9 Å². The highest BCUT2D eigenvalue weighted by molar-refractivity contribution is 9.10. The van der Waals surface area contributed by atoms with E-state index in [-0.39, 0.29) is 11.9 Å². The molecule has 1 heterocycles. The number of thiophene rings is 1. The zero-order valence-corrected chi connectivity index (χ0v) is 23.6. The van der Waals surface area contributed by atoms with Gasteiger partial charge in [0.2, 0.25) is 0 Å². The summed E-state index contributed by atoms with van der Waals surface area (Å²) in [6.07, 6.45) is 11.9. The number of halogens is 1. The molecule has 0 saturated heterocycles. The molecule has 1 saturated carbocycles. The third kappa shape index (κ3) is 6.27. The first-order chi connectivity index (χ1) is 18.1. The van der Waals surface area contributed by atoms with Gasteiger partial charge in [-0.3, -0.25) is 4.79 Å². The van der Waals surface area contributed by atoms with E-state index in [1.807, 2.05) is 48.7 Å². The van der Waals surface area contributed by atoms with Crippen molar-refractivity contribution in [2.45, 2.75) is 70.4 Å². The van der Waals surface area contributed by atoms with Crippen LogP contribution in [0.4, 0.5) is 5.00 Å². The Morgan fingerprint density at radius 1 is 1.08 bits per heavy atom. The lowest BCUT2D eigenvalue weighted by Gasteiger charge is -2.23. The summed E-state index contributed by atoms with van der Waals surface area (Å²) in [7, 11) is 1.64. The van der Waals surface area contributed by atoms with Crippen LogP contribution in [-0.4, -0.2) is 25.3 Å². The molecule has 5 nitrogen and oxygen atoms in total. The highest BCUT2D eigenvalue weighted by atomic mass is 79.9. The van der Waals surface area contributed by atoms with Crippen LogP contribution >= 0.6 is 27.3 Å². The minimum Gasteiger partial charge on any atom is -0.493 e. The van der Waals surface area contributed by atoms with Crippen LogP contribution in [0.15, 0.2) is 51.9 Å². The van der Waals surface area contributed by atoms with Crippen molar-refractivity contribution in [1.82, 2.24) is 5.32 Å². The minimum absolute atomic E-state index is 0.0414. The maximum atomic E-state index is 13.5. The number of hydrogen-bond donors (Lipinski definition) is 1. The molecule has 5 rings (SSSR count). The summed E-state index contributed by atoms with van der Waals surface area (Å²) in [5.74, 6) is 1.34. The first-order valence-corrected chi connectivity index (χ1v) is 14.8. The number of ether oxygens (including phenoxy) is 2. The number of amides is 1. The van der Waals surface area contributed by atoms with Crippen molar-refractivity contribution in [2.24, 2.45) is 4.99 Å². The molecule has 2 aliphatic rings. The third-order valence-corrected chi connectivity index (χ3v) is 9.05. The summed E-state index contributed by atoms with van der Waals surface area (Å²) in [5, 5.41) is 4.12. The quantitative estimate of drug-likeness (QED) is 0.276. The SMILES string of the molecule is COc1cc(C=Nc2sc3c(c2C(=O)NC2CCCCC2)CCCC3)c(Br)cc1OCc1ccccc1. The molecule has 0 spiro atoms. The zero-order valence-electron chi connectivity index (χ0n) is 21.2. The molecule has 1 amide bonds. The van der Waals surface area contributed by atoms with Gasteiger partial charge in [-0.05, 0) is 77.7 Å². The Labute approximate surface area is 231 Å². The molecule has 0 radical (unpaired) electrons. The Hall–Kier alpha value is -2.64. The first kappa shape index (κ1) is 26.0. The molecule has 1 aromatic heterocycles. The van der Waals surface area contributed by atoms with E-state index in [9.17, 15) is 4.79 Å². The number of methoxy groups -OCH3 is 1. The maximum Gasteiger partial charge on any atom is 0.254 e. The van der Waals surface area contributed by atoms with Crippen molar-refractivity contribution in [1.29, 1.82) is 0 Å². The summed E-state index contributed by atoms with van der Waals surface area (Å²) < 4.78 is 12.5. The van der Waals surface area contributed by atoms with Gasteiger partial charge in [-0.2, -0.15) is 0 Å². The van der Waals surface area contributed by atoms with E-state index < -0.39 is 0 Å². The molecule has 1 fully saturated rings. The van der Waals surface area contributed by atoms with Crippen LogP contribution in [0.3, 0.4) is 0 Å². The normalized spacial score (nSPS) is 15.9. The summed E-state index contributed by atoms with van der Waals surface area (Å²) in [6.45, 7) is 0.456. The van der Waals surface area contributed by atoms with Crippen molar-refractivity contribution >= 4 is 44.4 Å². The molecule has 194 valence electrons. The lowest BCUT2D eigenvalue weighted by Crippen LogP contribution is -2.36. The van der Waals surface area contributed by atoms with Crippen molar-refractivity contribution in [2.75, 3.05) is 7.11 Å². The Morgan fingerprint density at radius 2 is 1.86 bits per heavy atom. The minimum atomic E-state index is 0.0414. The monoisotopic (exact) mass is 580 g/mol. The molecule has 37 heavy (non-hydrogen) atoms. The Morgan fingerprint density at radius 3 is 2.65 bits per heavy atom. The number of nitrogens with one attached hydrogen (secondary N) is 1. The van der Waals surface area contributed by atoms with E-state index >= 15 is 0 Å². The van der Waals surface area contributed by atoms with Gasteiger partial charge in [0.05, 0.1) is 12.7 Å². The fourth-order valence-corrected chi connectivity index (χ4v) is 6.82. The van der Waals surface area contributed by atoms with Crippen LogP contribution < -0.4 is 14.8 Å². The fraction of sp³-hybridized carbons (Fsp3) is 0.400. The predicted octanol–water partition coefficient (Wildman–Crippen LogP) is 7.79. The van der Waals surface area contributed by atoms with Gasteiger partial charge >= 0.3 is 0 Å². The largest absolute Gasteiger partial charge is 0.493 e. The summed E-state index contributed by atoms with van der Waals surface area (Å²) in [4.78, 5) is 19.6. The summed E-state index contributed by atoms with van der Waals surface area (Å²) >= 11 is 5.34. The second-order valence-electron chi connectivity index (χ2n) is 9.76. The standard InChI is InChI=1S/C30H33BrN2O3S/c1-35-25-16-21(24(31)17-26(25)36-19-20-10-4-2-5-11-20)18-32-30-28(23-14-8-9-15-27(23)37-30)29(34)33-22-12-6-3-7-13-22/h2,4-5,10-11,16-18,22H,3,6-9,12-15,19H2,1H3,(H,33,34). The lowest BCUT2D eigenvalue weighted by molar-refractivity contribution is 0.0927. The van der Waals surface area contributed by atoms with Crippen LogP contribution in [0.5, 0.6) is 11.5 Å². The molecule has 2 aromatic carbocycles. The second-order valence-corrected chi connectivity index (χ2v) is 11.7. The molecule has 0 unspecified atom stereocenters. The highest BCUT2D eigenvalue weighted by Crippen LogP contribution is 2.40. The maximum absolute atomic E-state index is 13.5. The Balaban J connectivity index is 1.39. The fourth-order valence-electron chi connectivity index (χ4n) is 5.17. The van der Waals surface area contributed by atoms with E-state index in [4.69, 9.17) is 14.5 Å². The Kier molecular flexibility index (Phi) is 8.62. The smallest absolute Gasteiger partial charge is 0.254 e. The van der Waals surface area contributed by atoms with Crippen LogP contribution in [0.2, 0.25) is 0 Å². The van der Waals surface area contributed by atoms with E-state index in [1.165, 1.54) is 36.1 Å². The molecule has 0 aliphatic heterocycles. The van der Waals surface area contributed by atoms with Gasteiger partial charge in [0.1, 0.15) is 11.6 Å². The molecule has 1 N–H and O–H groups in total. The number of fused-ring (bicyclic) bond motifs is 1. The zero-order chi connectivity index (χ0) is 25.6. The first-order valence-electron chi connectivity index (χ1n) is 13.2. The van der Waals surface area contributed by atoms with Crippen molar-refractivity contribution in [3.05, 3.63) is 74.1 Å². The van der Waals surface area contributed by atoms with Gasteiger partial charge in [-0.25, -0.2) is 4.99 Å². The number of aryl methyl sites for hydroxylation is 1. The number of rotatable bonds is 8. The number of carbonyl (C=O) groups excluding carboxylic acids is 1. The average molecular weight is 582 g/mol. The van der Waals surface area contributed by atoms with E-state index in [1.54, 1.807) is 18.4 Å². The predicted molar refractivity (Wildman–Crippen MR) is 154 cm³/mol. The van der Waals surface area contributed by atoms with Gasteiger partial charge < -0.3 is 14.8 Å². The Bertz CT molecular complexity index is 1270. The van der Waals surface area contributed by atoms with Crippen LogP contribution in [0.1, 0.15) is 76.9 Å². The molecule has 2 aliphatic carbocycles. The van der Waals surface area contributed by atoms with Gasteiger partial charge in [0.15, 0.2) is 11.5 Å². The number of aliphatic imine (C=N–C) groups is 1. The third-order valence-electron chi connectivity index (χ3n) is 7.16.